The molecule has 0 aliphatic heterocycles. The number of ketones is 1. The van der Waals surface area contributed by atoms with E-state index in [0.717, 1.165) is 0 Å². The smallest absolute Gasteiger partial charge is 0.265 e. The van der Waals surface area contributed by atoms with E-state index in [0.29, 0.717) is 5.82 Å². The molecule has 0 aliphatic carbocycles. The Morgan fingerprint density at radius 1 is 1.67 bits per heavy atom. The van der Waals surface area contributed by atoms with Gasteiger partial charge in [0.1, 0.15) is 5.82 Å². The molecule has 0 fully saturated rings. The number of aromatic nitrogens is 1. The van der Waals surface area contributed by atoms with Crippen molar-refractivity contribution in [3.8, 4) is 0 Å². The van der Waals surface area contributed by atoms with Gasteiger partial charge in [-0.25, -0.2) is 4.98 Å². The molecule has 0 spiro atoms. The number of carbonyl (C=O) groups is 1. The SMILES string of the molecule is CNc1ncccc1C(=O)C[N+](=O)[O-].[K]. The monoisotopic (exact) mass is 234 g/mol. The molecular weight excluding hydrogens is 225 g/mol. The first-order valence-electron chi connectivity index (χ1n) is 3.93. The fraction of sp³-hybridized carbons (Fsp3) is 0.250. The Balaban J connectivity index is 0.00000196. The maximum atomic E-state index is 11.3. The number of hydrogen-bond donors (Lipinski definition) is 1. The van der Waals surface area contributed by atoms with E-state index in [-0.39, 0.29) is 56.9 Å². The van der Waals surface area contributed by atoms with Crippen LogP contribution in [0, 0.1) is 10.1 Å². The maximum Gasteiger partial charge on any atom is 0.265 e. The summed E-state index contributed by atoms with van der Waals surface area (Å²) < 4.78 is 0. The van der Waals surface area contributed by atoms with Gasteiger partial charge in [0.2, 0.25) is 5.78 Å². The van der Waals surface area contributed by atoms with Crippen molar-refractivity contribution in [3.63, 3.8) is 0 Å². The van der Waals surface area contributed by atoms with E-state index < -0.39 is 17.3 Å². The van der Waals surface area contributed by atoms with Crippen LogP contribution in [0.5, 0.6) is 0 Å². The normalized spacial score (nSPS) is 8.87. The molecule has 0 aromatic carbocycles. The predicted octanol–water partition coefficient (Wildman–Crippen LogP) is 0.202. The van der Waals surface area contributed by atoms with E-state index in [4.69, 9.17) is 0 Å². The molecule has 0 saturated carbocycles. The second-order valence-electron chi connectivity index (χ2n) is 2.56. The topological polar surface area (TPSA) is 85.1 Å². The Hall–Kier alpha value is -0.344. The number of hydrogen-bond acceptors (Lipinski definition) is 5. The van der Waals surface area contributed by atoms with Crippen molar-refractivity contribution in [1.82, 2.24) is 4.98 Å². The van der Waals surface area contributed by atoms with Gasteiger partial charge in [-0.15, -0.1) is 0 Å². The number of carbonyl (C=O) groups excluding carboxylic acids is 1. The summed E-state index contributed by atoms with van der Waals surface area (Å²) in [5, 5.41) is 12.8. The zero-order valence-electron chi connectivity index (χ0n) is 8.56. The van der Waals surface area contributed by atoms with Crippen molar-refractivity contribution in [2.45, 2.75) is 0 Å². The van der Waals surface area contributed by atoms with Crippen molar-refractivity contribution in [2.75, 3.05) is 18.9 Å². The van der Waals surface area contributed by atoms with Crippen LogP contribution < -0.4 is 5.32 Å². The first-order valence-corrected chi connectivity index (χ1v) is 3.93. The van der Waals surface area contributed by atoms with E-state index in [2.05, 4.69) is 10.3 Å². The summed E-state index contributed by atoms with van der Waals surface area (Å²) in [6.07, 6.45) is 1.51. The Bertz CT molecular complexity index is 370. The van der Waals surface area contributed by atoms with Gasteiger partial charge in [0.15, 0.2) is 0 Å². The van der Waals surface area contributed by atoms with Crippen molar-refractivity contribution < 1.29 is 9.72 Å². The van der Waals surface area contributed by atoms with Gasteiger partial charge in [-0.1, -0.05) is 0 Å². The largest absolute Gasteiger partial charge is 0.373 e. The van der Waals surface area contributed by atoms with Gasteiger partial charge >= 0.3 is 0 Å². The van der Waals surface area contributed by atoms with Crippen LogP contribution in [-0.4, -0.2) is 80.7 Å². The van der Waals surface area contributed by atoms with Crippen molar-refractivity contribution >= 4 is 63.0 Å². The zero-order valence-corrected chi connectivity index (χ0v) is 11.7. The maximum absolute atomic E-state index is 11.3. The third-order valence-electron chi connectivity index (χ3n) is 1.62. The van der Waals surface area contributed by atoms with Crippen molar-refractivity contribution in [1.29, 1.82) is 0 Å². The predicted molar refractivity (Wildman–Crippen MR) is 55.7 cm³/mol. The van der Waals surface area contributed by atoms with Crippen LogP contribution >= 0.6 is 0 Å². The zero-order chi connectivity index (χ0) is 10.6. The standard InChI is InChI=1S/C8H9N3O3.K/c1-9-8-6(3-2-4-10-8)7(12)5-11(13)14;/h2-4H,5H2,1H3,(H,9,10);. The van der Waals surface area contributed by atoms with E-state index >= 15 is 0 Å². The van der Waals surface area contributed by atoms with Crippen LogP contribution in [0.2, 0.25) is 0 Å². The minimum atomic E-state index is -0.708. The molecule has 1 heterocycles. The van der Waals surface area contributed by atoms with Crippen molar-refractivity contribution in [2.24, 2.45) is 0 Å². The van der Waals surface area contributed by atoms with Crippen LogP contribution in [0.4, 0.5) is 5.82 Å². The molecule has 75 valence electrons. The first kappa shape index (κ1) is 14.7. The molecule has 0 amide bonds. The number of nitro groups is 1. The average molecular weight is 234 g/mol. The Labute approximate surface area is 129 Å². The summed E-state index contributed by atoms with van der Waals surface area (Å²) in [6.45, 7) is -0.708. The van der Waals surface area contributed by atoms with Crippen LogP contribution in [0.1, 0.15) is 10.4 Å². The van der Waals surface area contributed by atoms with Gasteiger partial charge in [-0.3, -0.25) is 14.9 Å². The molecule has 1 aromatic rings. The average Bonchev–Trinajstić information content (AvgIpc) is 2.16. The molecule has 7 heteroatoms. The fourth-order valence-electron chi connectivity index (χ4n) is 1.03. The third kappa shape index (κ3) is 4.35. The van der Waals surface area contributed by atoms with E-state index in [1.54, 1.807) is 13.1 Å². The second kappa shape index (κ2) is 7.02. The molecular formula is C8H9KN3O3. The summed E-state index contributed by atoms with van der Waals surface area (Å²) in [4.78, 5) is 24.7. The molecule has 1 aromatic heterocycles. The van der Waals surface area contributed by atoms with Crippen LogP contribution in [0.3, 0.4) is 0 Å². The number of nitrogens with zero attached hydrogens (tertiary/aromatic N) is 2. The molecule has 0 aliphatic rings. The minimum Gasteiger partial charge on any atom is -0.373 e. The Kier molecular flexibility index (Phi) is 6.86. The van der Waals surface area contributed by atoms with E-state index in [1.807, 2.05) is 0 Å². The summed E-state index contributed by atoms with van der Waals surface area (Å²) in [7, 11) is 1.60. The van der Waals surface area contributed by atoms with Gasteiger partial charge in [0.05, 0.1) is 5.56 Å². The van der Waals surface area contributed by atoms with Gasteiger partial charge < -0.3 is 5.32 Å². The molecule has 6 nitrogen and oxygen atoms in total. The van der Waals surface area contributed by atoms with Gasteiger partial charge in [-0.05, 0) is 12.1 Å². The fourth-order valence-corrected chi connectivity index (χ4v) is 1.03. The number of nitrogens with one attached hydrogen (secondary N) is 1. The van der Waals surface area contributed by atoms with Crippen molar-refractivity contribution in [3.05, 3.63) is 34.0 Å². The summed E-state index contributed by atoms with van der Waals surface area (Å²) in [5.41, 5.74) is 0.242. The van der Waals surface area contributed by atoms with E-state index in [9.17, 15) is 14.9 Å². The van der Waals surface area contributed by atoms with Gasteiger partial charge in [-0.2, -0.15) is 0 Å². The summed E-state index contributed by atoms with van der Waals surface area (Å²) in [5.74, 6) is -0.188. The molecule has 0 atom stereocenters. The Morgan fingerprint density at radius 3 is 2.87 bits per heavy atom. The quantitative estimate of drug-likeness (QED) is 0.348. The number of pyridine rings is 1. The van der Waals surface area contributed by atoms with E-state index in [1.165, 1.54) is 12.3 Å². The third-order valence-corrected chi connectivity index (χ3v) is 1.62. The molecule has 0 unspecified atom stereocenters. The van der Waals surface area contributed by atoms with Crippen LogP contribution in [-0.2, 0) is 0 Å². The number of Topliss-reactive ketones (excluding diaryl/α,β-unsaturated/α-hetero) is 1. The Morgan fingerprint density at radius 2 is 2.33 bits per heavy atom. The molecule has 0 bridgehead atoms. The summed E-state index contributed by atoms with van der Waals surface area (Å²) >= 11 is 0. The van der Waals surface area contributed by atoms with Gasteiger partial charge in [0.25, 0.3) is 6.54 Å². The number of anilines is 1. The number of rotatable bonds is 4. The molecule has 15 heavy (non-hydrogen) atoms. The molecule has 0 saturated heterocycles. The van der Waals surface area contributed by atoms with Crippen LogP contribution in [0.25, 0.3) is 0 Å². The van der Waals surface area contributed by atoms with Gasteiger partial charge in [0, 0.05) is 69.6 Å². The molecule has 1 N–H and O–H groups in total. The minimum absolute atomic E-state index is 0. The molecule has 1 rings (SSSR count). The second-order valence-corrected chi connectivity index (χ2v) is 2.56. The first-order chi connectivity index (χ1) is 6.65. The molecule has 1 radical (unpaired) electrons. The summed E-state index contributed by atoms with van der Waals surface area (Å²) in [6, 6.07) is 3.07. The van der Waals surface area contributed by atoms with Crippen LogP contribution in [0.15, 0.2) is 18.3 Å².